The van der Waals surface area contributed by atoms with Crippen LogP contribution in [0.15, 0.2) is 24.3 Å². The molecule has 5 heteroatoms. The van der Waals surface area contributed by atoms with Crippen LogP contribution in [-0.4, -0.2) is 23.6 Å². The second-order valence-corrected chi connectivity index (χ2v) is 3.99. The van der Waals surface area contributed by atoms with Crippen molar-refractivity contribution in [2.45, 2.75) is 25.7 Å². The zero-order chi connectivity index (χ0) is 13.1. The lowest BCUT2D eigenvalue weighted by Gasteiger charge is -2.12. The first kappa shape index (κ1) is 13.4. The molecule has 1 aromatic carbocycles. The summed E-state index contributed by atoms with van der Waals surface area (Å²) in [7, 11) is 0. The van der Waals surface area contributed by atoms with Crippen molar-refractivity contribution >= 4 is 5.97 Å². The monoisotopic (exact) mass is 244 g/mol. The van der Waals surface area contributed by atoms with E-state index in [1.807, 2.05) is 0 Å². The molecule has 0 fully saturated rings. The van der Waals surface area contributed by atoms with Crippen LogP contribution in [0, 0.1) is 0 Å². The third kappa shape index (κ3) is 4.38. The molecular weight excluding hydrogens is 230 g/mol. The molecule has 17 heavy (non-hydrogen) atoms. The minimum atomic E-state index is -2.88. The maximum absolute atomic E-state index is 12.5. The minimum absolute atomic E-state index is 0.299. The van der Waals surface area contributed by atoms with E-state index in [0.717, 1.165) is 6.92 Å². The van der Waals surface area contributed by atoms with Gasteiger partial charge in [0.1, 0.15) is 5.75 Å². The van der Waals surface area contributed by atoms with E-state index >= 15 is 0 Å². The number of carboxylic acid groups (broad SMARTS) is 1. The summed E-state index contributed by atoms with van der Waals surface area (Å²) in [6.07, 6.45) is 0. The molecule has 1 rings (SSSR count). The van der Waals surface area contributed by atoms with Crippen LogP contribution in [0.4, 0.5) is 8.78 Å². The molecule has 0 aliphatic rings. The molecule has 0 spiro atoms. The third-order valence-electron chi connectivity index (χ3n) is 2.24. The number of benzene rings is 1. The number of alkyl halides is 2. The van der Waals surface area contributed by atoms with Crippen LogP contribution in [0.25, 0.3) is 0 Å². The van der Waals surface area contributed by atoms with Gasteiger partial charge in [0.25, 0.3) is 5.92 Å². The minimum Gasteiger partial charge on any atom is -0.487 e. The smallest absolute Gasteiger partial charge is 0.310 e. The Morgan fingerprint density at radius 3 is 2.35 bits per heavy atom. The Balaban J connectivity index is 2.65. The predicted molar refractivity (Wildman–Crippen MR) is 58.6 cm³/mol. The highest BCUT2D eigenvalue weighted by Crippen LogP contribution is 2.21. The van der Waals surface area contributed by atoms with E-state index in [1.54, 1.807) is 19.1 Å². The van der Waals surface area contributed by atoms with Gasteiger partial charge in [-0.05, 0) is 24.6 Å². The molecule has 0 aromatic heterocycles. The molecule has 0 aliphatic carbocycles. The summed E-state index contributed by atoms with van der Waals surface area (Å²) in [5, 5.41) is 8.78. The largest absolute Gasteiger partial charge is 0.487 e. The van der Waals surface area contributed by atoms with Crippen molar-refractivity contribution < 1.29 is 23.4 Å². The highest BCUT2D eigenvalue weighted by atomic mass is 19.3. The quantitative estimate of drug-likeness (QED) is 0.866. The third-order valence-corrected chi connectivity index (χ3v) is 2.24. The van der Waals surface area contributed by atoms with Gasteiger partial charge < -0.3 is 9.84 Å². The molecule has 0 bridgehead atoms. The van der Waals surface area contributed by atoms with Gasteiger partial charge in [-0.15, -0.1) is 0 Å². The van der Waals surface area contributed by atoms with Crippen molar-refractivity contribution in [3.05, 3.63) is 29.8 Å². The van der Waals surface area contributed by atoms with Crippen LogP contribution < -0.4 is 4.74 Å². The predicted octanol–water partition coefficient (Wildman–Crippen LogP) is 2.91. The Bertz CT molecular complexity index is 382. The number of aliphatic carboxylic acids is 1. The van der Waals surface area contributed by atoms with Gasteiger partial charge in [0.05, 0.1) is 5.92 Å². The Kier molecular flexibility index (Phi) is 4.04. The Labute approximate surface area is 98.0 Å². The maximum Gasteiger partial charge on any atom is 0.310 e. The van der Waals surface area contributed by atoms with Crippen molar-refractivity contribution in [3.8, 4) is 5.75 Å². The standard InChI is InChI=1S/C12H14F2O3/c1-8(11(15)16)9-3-5-10(6-4-9)17-7-12(2,13)14/h3-6,8H,7H2,1-2H3,(H,15,16). The lowest BCUT2D eigenvalue weighted by atomic mass is 10.0. The number of carbonyl (C=O) groups is 1. The zero-order valence-electron chi connectivity index (χ0n) is 9.61. The highest BCUT2D eigenvalue weighted by molar-refractivity contribution is 5.75. The zero-order valence-corrected chi connectivity index (χ0v) is 9.61. The van der Waals surface area contributed by atoms with Gasteiger partial charge >= 0.3 is 5.97 Å². The molecule has 1 unspecified atom stereocenters. The van der Waals surface area contributed by atoms with Crippen LogP contribution >= 0.6 is 0 Å². The average molecular weight is 244 g/mol. The van der Waals surface area contributed by atoms with Gasteiger partial charge in [-0.1, -0.05) is 12.1 Å². The number of hydrogen-bond donors (Lipinski definition) is 1. The van der Waals surface area contributed by atoms with Crippen LogP contribution in [0.5, 0.6) is 5.75 Å². The normalized spacial score (nSPS) is 13.2. The molecule has 0 aliphatic heterocycles. The molecule has 1 aromatic rings. The summed E-state index contributed by atoms with van der Waals surface area (Å²) in [5.74, 6) is -4.14. The first-order valence-corrected chi connectivity index (χ1v) is 5.13. The molecule has 0 heterocycles. The van der Waals surface area contributed by atoms with Gasteiger partial charge in [-0.25, -0.2) is 8.78 Å². The molecule has 0 amide bonds. The fraction of sp³-hybridized carbons (Fsp3) is 0.417. The average Bonchev–Trinajstić information content (AvgIpc) is 2.25. The summed E-state index contributed by atoms with van der Waals surface area (Å²) in [5.41, 5.74) is 0.605. The lowest BCUT2D eigenvalue weighted by molar-refractivity contribution is -0.138. The topological polar surface area (TPSA) is 46.5 Å². The van der Waals surface area contributed by atoms with Gasteiger partial charge in [0.15, 0.2) is 6.61 Å². The number of carboxylic acids is 1. The SMILES string of the molecule is CC(C(=O)O)c1ccc(OCC(C)(F)F)cc1. The van der Waals surface area contributed by atoms with Gasteiger partial charge in [0.2, 0.25) is 0 Å². The Morgan fingerprint density at radius 2 is 1.94 bits per heavy atom. The van der Waals surface area contributed by atoms with E-state index < -0.39 is 24.4 Å². The second-order valence-electron chi connectivity index (χ2n) is 3.99. The van der Waals surface area contributed by atoms with Crippen LogP contribution in [0.1, 0.15) is 25.3 Å². The number of rotatable bonds is 5. The molecular formula is C12H14F2O3. The van der Waals surface area contributed by atoms with Crippen molar-refractivity contribution in [1.82, 2.24) is 0 Å². The van der Waals surface area contributed by atoms with Gasteiger partial charge in [0, 0.05) is 6.92 Å². The summed E-state index contributed by atoms with van der Waals surface area (Å²) in [4.78, 5) is 10.7. The van der Waals surface area contributed by atoms with Crippen LogP contribution in [0.2, 0.25) is 0 Å². The summed E-state index contributed by atoms with van der Waals surface area (Å²) >= 11 is 0. The molecule has 3 nitrogen and oxygen atoms in total. The Hall–Kier alpha value is -1.65. The first-order chi connectivity index (χ1) is 7.79. The van der Waals surface area contributed by atoms with Crippen molar-refractivity contribution in [3.63, 3.8) is 0 Å². The molecule has 1 N–H and O–H groups in total. The molecule has 0 radical (unpaired) electrons. The van der Waals surface area contributed by atoms with E-state index in [0.29, 0.717) is 11.3 Å². The van der Waals surface area contributed by atoms with Gasteiger partial charge in [-0.2, -0.15) is 0 Å². The van der Waals surface area contributed by atoms with E-state index in [9.17, 15) is 13.6 Å². The van der Waals surface area contributed by atoms with Crippen molar-refractivity contribution in [2.75, 3.05) is 6.61 Å². The van der Waals surface area contributed by atoms with Crippen molar-refractivity contribution in [1.29, 1.82) is 0 Å². The Morgan fingerprint density at radius 1 is 1.41 bits per heavy atom. The lowest BCUT2D eigenvalue weighted by Crippen LogP contribution is -2.20. The van der Waals surface area contributed by atoms with E-state index in [4.69, 9.17) is 9.84 Å². The number of ether oxygens (including phenoxy) is 1. The fourth-order valence-electron chi connectivity index (χ4n) is 1.21. The highest BCUT2D eigenvalue weighted by Gasteiger charge is 2.22. The van der Waals surface area contributed by atoms with E-state index in [1.165, 1.54) is 12.1 Å². The van der Waals surface area contributed by atoms with E-state index in [-0.39, 0.29) is 0 Å². The van der Waals surface area contributed by atoms with Crippen LogP contribution in [0.3, 0.4) is 0 Å². The second kappa shape index (κ2) is 5.12. The first-order valence-electron chi connectivity index (χ1n) is 5.13. The molecule has 94 valence electrons. The molecule has 0 saturated heterocycles. The maximum atomic E-state index is 12.5. The summed E-state index contributed by atoms with van der Waals surface area (Å²) in [6.45, 7) is 1.63. The van der Waals surface area contributed by atoms with Crippen LogP contribution in [-0.2, 0) is 4.79 Å². The summed E-state index contributed by atoms with van der Waals surface area (Å²) in [6, 6.07) is 6.09. The fourth-order valence-corrected chi connectivity index (χ4v) is 1.21. The molecule has 1 atom stereocenters. The number of hydrogen-bond acceptors (Lipinski definition) is 2. The summed E-state index contributed by atoms with van der Waals surface area (Å²) < 4.78 is 29.9. The number of halogens is 2. The van der Waals surface area contributed by atoms with Crippen molar-refractivity contribution in [2.24, 2.45) is 0 Å². The van der Waals surface area contributed by atoms with Gasteiger partial charge in [-0.3, -0.25) is 4.79 Å². The van der Waals surface area contributed by atoms with E-state index in [2.05, 4.69) is 0 Å². The molecule has 0 saturated carbocycles.